The van der Waals surface area contributed by atoms with E-state index in [1.54, 1.807) is 7.11 Å². The Morgan fingerprint density at radius 2 is 2.00 bits per heavy atom. The van der Waals surface area contributed by atoms with Gasteiger partial charge >= 0.3 is 0 Å². The molecule has 1 aromatic carbocycles. The Bertz CT molecular complexity index is 1070. The van der Waals surface area contributed by atoms with Gasteiger partial charge in [-0.2, -0.15) is 0 Å². The van der Waals surface area contributed by atoms with E-state index in [4.69, 9.17) is 9.26 Å². The number of halogens is 2. The van der Waals surface area contributed by atoms with E-state index in [2.05, 4.69) is 20.7 Å². The number of nitrogens with one attached hydrogen (secondary N) is 2. The predicted molar refractivity (Wildman–Crippen MR) is 124 cm³/mol. The second-order valence-electron chi connectivity index (χ2n) is 10.2. The maximum Gasteiger partial charge on any atom is 0.290 e. The van der Waals surface area contributed by atoms with Gasteiger partial charge in [0.15, 0.2) is 0 Å². The third-order valence-corrected chi connectivity index (χ3v) is 6.47. The summed E-state index contributed by atoms with van der Waals surface area (Å²) in [4.78, 5) is 28.5. The van der Waals surface area contributed by atoms with Crippen LogP contribution in [0.15, 0.2) is 28.8 Å². The third kappa shape index (κ3) is 6.43. The zero-order valence-corrected chi connectivity index (χ0v) is 20.3. The van der Waals surface area contributed by atoms with Crippen molar-refractivity contribution in [3.8, 4) is 11.3 Å². The van der Waals surface area contributed by atoms with Crippen molar-refractivity contribution in [3.63, 3.8) is 0 Å². The monoisotopic (exact) mass is 490 g/mol. The molecule has 0 radical (unpaired) electrons. The van der Waals surface area contributed by atoms with E-state index in [-0.39, 0.29) is 22.9 Å². The van der Waals surface area contributed by atoms with E-state index in [0.717, 1.165) is 25.2 Å². The van der Waals surface area contributed by atoms with Crippen LogP contribution in [0.5, 0.6) is 0 Å². The van der Waals surface area contributed by atoms with Crippen LogP contribution in [-0.4, -0.2) is 66.8 Å². The summed E-state index contributed by atoms with van der Waals surface area (Å²) in [5.74, 6) is -2.08. The van der Waals surface area contributed by atoms with E-state index in [1.165, 1.54) is 25.0 Å². The molecule has 1 aliphatic heterocycles. The van der Waals surface area contributed by atoms with Gasteiger partial charge in [0, 0.05) is 50.5 Å². The lowest BCUT2D eigenvalue weighted by molar-refractivity contribution is -0.130. The highest BCUT2D eigenvalue weighted by Crippen LogP contribution is 2.31. The van der Waals surface area contributed by atoms with Crippen molar-refractivity contribution in [2.75, 3.05) is 33.4 Å². The number of aromatic nitrogens is 1. The molecule has 2 aromatic rings. The predicted octanol–water partition coefficient (Wildman–Crippen LogP) is 2.99. The molecule has 0 unspecified atom stereocenters. The maximum atomic E-state index is 14.1. The van der Waals surface area contributed by atoms with Crippen LogP contribution in [0.25, 0.3) is 11.3 Å². The molecule has 0 spiro atoms. The fourth-order valence-electron chi connectivity index (χ4n) is 4.56. The molecule has 190 valence electrons. The highest BCUT2D eigenvalue weighted by molar-refractivity contribution is 5.93. The van der Waals surface area contributed by atoms with Crippen LogP contribution in [0, 0.1) is 23.5 Å². The summed E-state index contributed by atoms with van der Waals surface area (Å²) in [6.45, 7) is 6.40. The summed E-state index contributed by atoms with van der Waals surface area (Å²) in [6, 6.07) is 3.99. The van der Waals surface area contributed by atoms with Crippen LogP contribution in [0.4, 0.5) is 8.78 Å². The minimum absolute atomic E-state index is 0.0280. The number of ether oxygens (including phenoxy) is 1. The molecule has 1 saturated heterocycles. The van der Waals surface area contributed by atoms with Gasteiger partial charge in [-0.05, 0) is 51.2 Å². The van der Waals surface area contributed by atoms with Gasteiger partial charge in [-0.1, -0.05) is 5.16 Å². The van der Waals surface area contributed by atoms with Gasteiger partial charge in [0.1, 0.15) is 17.3 Å². The van der Waals surface area contributed by atoms with Crippen molar-refractivity contribution in [1.82, 2.24) is 20.7 Å². The number of methoxy groups -OCH3 is 1. The molecule has 8 nitrogen and oxygen atoms in total. The molecular formula is C25H32F2N4O4. The van der Waals surface area contributed by atoms with E-state index in [0.29, 0.717) is 25.5 Å². The maximum absolute atomic E-state index is 14.1. The smallest absolute Gasteiger partial charge is 0.290 e. The average Bonchev–Trinajstić information content (AvgIpc) is 3.46. The summed E-state index contributed by atoms with van der Waals surface area (Å²) in [6.07, 6.45) is 3.04. The molecule has 2 atom stereocenters. The zero-order chi connectivity index (χ0) is 25.2. The van der Waals surface area contributed by atoms with Gasteiger partial charge in [0.05, 0.1) is 18.1 Å². The molecule has 2 N–H and O–H groups in total. The van der Waals surface area contributed by atoms with E-state index in [9.17, 15) is 18.4 Å². The number of benzene rings is 1. The highest BCUT2D eigenvalue weighted by atomic mass is 19.1. The van der Waals surface area contributed by atoms with Crippen LogP contribution < -0.4 is 10.6 Å². The van der Waals surface area contributed by atoms with Gasteiger partial charge in [0.2, 0.25) is 11.7 Å². The SMILES string of the molecule is COCC(C)(C)NC(=O)[C@@H]1CN(CC2CC2)CC[C@H]1NC(=O)c1cc(-c2ccc(F)cc2F)no1. The summed E-state index contributed by atoms with van der Waals surface area (Å²) < 4.78 is 37.7. The average molecular weight is 491 g/mol. The Hall–Kier alpha value is -2.85. The van der Waals surface area contributed by atoms with Crippen LogP contribution in [-0.2, 0) is 9.53 Å². The highest BCUT2D eigenvalue weighted by Gasteiger charge is 2.39. The number of carbonyl (C=O) groups excluding carboxylic acids is 2. The lowest BCUT2D eigenvalue weighted by Gasteiger charge is -2.39. The number of hydrogen-bond donors (Lipinski definition) is 2. The lowest BCUT2D eigenvalue weighted by Crippen LogP contribution is -2.59. The minimum Gasteiger partial charge on any atom is -0.382 e. The van der Waals surface area contributed by atoms with Gasteiger partial charge in [-0.25, -0.2) is 8.78 Å². The molecule has 2 aliphatic rings. The molecule has 4 rings (SSSR count). The number of nitrogens with zero attached hydrogens (tertiary/aromatic N) is 2. The molecule has 2 heterocycles. The first-order valence-electron chi connectivity index (χ1n) is 11.9. The molecule has 1 saturated carbocycles. The fourth-order valence-corrected chi connectivity index (χ4v) is 4.56. The van der Waals surface area contributed by atoms with Gasteiger partial charge < -0.3 is 24.8 Å². The minimum atomic E-state index is -0.802. The number of hydrogen-bond acceptors (Lipinski definition) is 6. The molecule has 1 aromatic heterocycles. The Labute approximate surface area is 203 Å². The van der Waals surface area contributed by atoms with Gasteiger partial charge in [-0.3, -0.25) is 9.59 Å². The number of likely N-dealkylation sites (tertiary alicyclic amines) is 1. The first-order chi connectivity index (χ1) is 16.6. The summed E-state index contributed by atoms with van der Waals surface area (Å²) in [5, 5.41) is 9.73. The first-order valence-corrected chi connectivity index (χ1v) is 11.9. The van der Waals surface area contributed by atoms with Crippen molar-refractivity contribution < 1.29 is 27.6 Å². The Morgan fingerprint density at radius 3 is 2.69 bits per heavy atom. The Morgan fingerprint density at radius 1 is 1.23 bits per heavy atom. The van der Waals surface area contributed by atoms with Crippen molar-refractivity contribution in [3.05, 3.63) is 41.7 Å². The zero-order valence-electron chi connectivity index (χ0n) is 20.3. The lowest BCUT2D eigenvalue weighted by atomic mass is 9.89. The van der Waals surface area contributed by atoms with Gasteiger partial charge in [-0.15, -0.1) is 0 Å². The third-order valence-electron chi connectivity index (χ3n) is 6.47. The topological polar surface area (TPSA) is 96.7 Å². The van der Waals surface area contributed by atoms with E-state index in [1.807, 2.05) is 13.8 Å². The van der Waals surface area contributed by atoms with Crippen LogP contribution in [0.2, 0.25) is 0 Å². The quantitative estimate of drug-likeness (QED) is 0.561. The Kier molecular flexibility index (Phi) is 7.51. The molecule has 2 fully saturated rings. The second kappa shape index (κ2) is 10.4. The summed E-state index contributed by atoms with van der Waals surface area (Å²) >= 11 is 0. The van der Waals surface area contributed by atoms with E-state index >= 15 is 0 Å². The van der Waals surface area contributed by atoms with Crippen LogP contribution in [0.3, 0.4) is 0 Å². The van der Waals surface area contributed by atoms with Crippen molar-refractivity contribution in [1.29, 1.82) is 0 Å². The number of rotatable bonds is 9. The summed E-state index contributed by atoms with van der Waals surface area (Å²) in [7, 11) is 1.58. The fraction of sp³-hybridized carbons (Fsp3) is 0.560. The molecule has 0 bridgehead atoms. The van der Waals surface area contributed by atoms with Crippen molar-refractivity contribution >= 4 is 11.8 Å². The van der Waals surface area contributed by atoms with E-state index < -0.39 is 35.0 Å². The second-order valence-corrected chi connectivity index (χ2v) is 10.2. The molecule has 35 heavy (non-hydrogen) atoms. The molecule has 1 aliphatic carbocycles. The number of carbonyl (C=O) groups is 2. The van der Waals surface area contributed by atoms with Crippen molar-refractivity contribution in [2.24, 2.45) is 11.8 Å². The molecule has 2 amide bonds. The van der Waals surface area contributed by atoms with Gasteiger partial charge in [0.25, 0.3) is 5.91 Å². The molecule has 10 heteroatoms. The largest absolute Gasteiger partial charge is 0.382 e. The molecular weight excluding hydrogens is 458 g/mol. The standard InChI is InChI=1S/C25H32F2N4O4/c1-25(2,14-34-3)29-23(32)18-13-31(12-15-4-5-15)9-8-20(18)28-24(33)22-11-21(30-35-22)17-7-6-16(26)10-19(17)27/h6-7,10-11,15,18,20H,4-5,8-9,12-14H2,1-3H3,(H,28,33)(H,29,32)/t18-,20-/m1/s1. The normalized spacial score (nSPS) is 21.1. The number of amides is 2. The first kappa shape index (κ1) is 25.2. The summed E-state index contributed by atoms with van der Waals surface area (Å²) in [5.41, 5.74) is -0.444. The number of piperidine rings is 1. The van der Waals surface area contributed by atoms with Crippen molar-refractivity contribution in [2.45, 2.75) is 44.7 Å². The Balaban J connectivity index is 1.46. The van der Waals surface area contributed by atoms with Crippen LogP contribution in [0.1, 0.15) is 43.7 Å². The van der Waals surface area contributed by atoms with Crippen LogP contribution >= 0.6 is 0 Å².